The van der Waals surface area contributed by atoms with Crippen LogP contribution < -0.4 is 9.47 Å². The Bertz CT molecular complexity index is 1010. The number of benzene rings is 1. The summed E-state index contributed by atoms with van der Waals surface area (Å²) in [6, 6.07) is 8.24. The first-order chi connectivity index (χ1) is 16.5. The molecule has 2 heterocycles. The topological polar surface area (TPSA) is 79.3 Å². The van der Waals surface area contributed by atoms with E-state index in [9.17, 15) is 14.7 Å². The van der Waals surface area contributed by atoms with Crippen LogP contribution in [0.15, 0.2) is 47.0 Å². The number of hydrogen-bond donors (Lipinski definition) is 1. The van der Waals surface area contributed by atoms with E-state index >= 15 is 0 Å². The zero-order valence-corrected chi connectivity index (χ0v) is 21.2. The lowest BCUT2D eigenvalue weighted by Gasteiger charge is -2.28. The predicted octanol–water partition coefficient (Wildman–Crippen LogP) is 4.86. The van der Waals surface area contributed by atoms with Crippen molar-refractivity contribution in [2.24, 2.45) is 0 Å². The molecule has 2 aromatic rings. The van der Waals surface area contributed by atoms with Crippen molar-refractivity contribution in [2.45, 2.75) is 40.2 Å². The molecule has 0 radical (unpaired) electrons. The minimum absolute atomic E-state index is 0.113. The Morgan fingerprint density at radius 1 is 1.09 bits per heavy atom. The lowest BCUT2D eigenvalue weighted by molar-refractivity contribution is -0.129. The van der Waals surface area contributed by atoms with Gasteiger partial charge in [0.15, 0.2) is 17.3 Å². The molecular formula is C26H34N2O5S. The molecule has 0 spiro atoms. The molecule has 1 aromatic carbocycles. The molecule has 184 valence electrons. The molecule has 0 bridgehead atoms. The van der Waals surface area contributed by atoms with Crippen LogP contribution in [-0.2, 0) is 4.79 Å². The fourth-order valence-corrected chi connectivity index (χ4v) is 4.92. The molecule has 1 N–H and O–H groups in total. The minimum Gasteiger partial charge on any atom is -0.503 e. The van der Waals surface area contributed by atoms with Crippen LogP contribution >= 0.6 is 11.3 Å². The van der Waals surface area contributed by atoms with E-state index in [1.54, 1.807) is 23.1 Å². The van der Waals surface area contributed by atoms with Crippen molar-refractivity contribution >= 4 is 23.0 Å². The SMILES string of the molecule is CCOc1ccc(C2C(C(=O)c3cccs3)=C(O)C(=O)N2CCCN(CC)CC)cc1OCC. The average molecular weight is 487 g/mol. The summed E-state index contributed by atoms with van der Waals surface area (Å²) in [6.45, 7) is 12.0. The Morgan fingerprint density at radius 2 is 1.79 bits per heavy atom. The fraction of sp³-hybridized carbons (Fsp3) is 0.462. The summed E-state index contributed by atoms with van der Waals surface area (Å²) in [5.41, 5.74) is 0.814. The molecule has 1 aliphatic heterocycles. The molecule has 1 aliphatic rings. The number of thiophene rings is 1. The average Bonchev–Trinajstić information content (AvgIpc) is 3.46. The third-order valence-electron chi connectivity index (χ3n) is 5.94. The van der Waals surface area contributed by atoms with Crippen molar-refractivity contribution in [1.82, 2.24) is 9.80 Å². The minimum atomic E-state index is -0.700. The highest BCUT2D eigenvalue weighted by Gasteiger charge is 2.44. The highest BCUT2D eigenvalue weighted by Crippen LogP contribution is 2.42. The fourth-order valence-electron chi connectivity index (χ4n) is 4.25. The maximum atomic E-state index is 13.4. The molecule has 1 atom stereocenters. The van der Waals surface area contributed by atoms with Crippen LogP contribution in [0.25, 0.3) is 0 Å². The monoisotopic (exact) mass is 486 g/mol. The van der Waals surface area contributed by atoms with Crippen molar-refractivity contribution in [3.63, 3.8) is 0 Å². The maximum Gasteiger partial charge on any atom is 0.290 e. The maximum absolute atomic E-state index is 13.4. The summed E-state index contributed by atoms with van der Waals surface area (Å²) in [4.78, 5) is 30.9. The second-order valence-corrected chi connectivity index (χ2v) is 8.87. The van der Waals surface area contributed by atoms with E-state index in [1.165, 1.54) is 11.3 Å². The molecule has 7 nitrogen and oxygen atoms in total. The van der Waals surface area contributed by atoms with Crippen LogP contribution in [0.2, 0.25) is 0 Å². The number of carbonyl (C=O) groups excluding carboxylic acids is 2. The third kappa shape index (κ3) is 5.45. The van der Waals surface area contributed by atoms with Crippen LogP contribution in [0.5, 0.6) is 11.5 Å². The van der Waals surface area contributed by atoms with E-state index in [0.717, 1.165) is 26.1 Å². The first kappa shape index (κ1) is 25.8. The summed E-state index contributed by atoms with van der Waals surface area (Å²) in [5, 5.41) is 12.7. The number of Topliss-reactive ketones (excluding diaryl/α,β-unsaturated/α-hetero) is 1. The van der Waals surface area contributed by atoms with Gasteiger partial charge in [-0.15, -0.1) is 11.3 Å². The van der Waals surface area contributed by atoms with Gasteiger partial charge in [-0.25, -0.2) is 0 Å². The molecule has 1 amide bonds. The Kier molecular flexibility index (Phi) is 9.12. The molecule has 8 heteroatoms. The van der Waals surface area contributed by atoms with Gasteiger partial charge in [0.05, 0.1) is 29.7 Å². The Labute approximate surface area is 205 Å². The van der Waals surface area contributed by atoms with Gasteiger partial charge in [0.2, 0.25) is 5.78 Å². The Hall–Kier alpha value is -2.84. The molecule has 0 fully saturated rings. The standard InChI is InChI=1S/C26H34N2O5S/c1-5-27(6-2)14-10-15-28-23(18-12-13-19(32-7-3)20(17-18)33-8-4)22(25(30)26(28)31)24(29)21-11-9-16-34-21/h9,11-13,16-17,23,30H,5-8,10,14-15H2,1-4H3. The van der Waals surface area contributed by atoms with Gasteiger partial charge < -0.3 is 24.4 Å². The summed E-state index contributed by atoms with van der Waals surface area (Å²) < 4.78 is 11.5. The number of carbonyl (C=O) groups is 2. The summed E-state index contributed by atoms with van der Waals surface area (Å²) in [6.07, 6.45) is 0.729. The van der Waals surface area contributed by atoms with Crippen LogP contribution in [0.1, 0.15) is 55.4 Å². The van der Waals surface area contributed by atoms with Crippen LogP contribution in [-0.4, -0.2) is 66.0 Å². The Morgan fingerprint density at radius 3 is 2.41 bits per heavy atom. The zero-order chi connectivity index (χ0) is 24.7. The molecule has 0 saturated heterocycles. The zero-order valence-electron chi connectivity index (χ0n) is 20.4. The van der Waals surface area contributed by atoms with Crippen molar-refractivity contribution in [3.05, 3.63) is 57.5 Å². The van der Waals surface area contributed by atoms with E-state index in [2.05, 4.69) is 18.7 Å². The number of ether oxygens (including phenoxy) is 2. The third-order valence-corrected chi connectivity index (χ3v) is 6.81. The highest BCUT2D eigenvalue weighted by atomic mass is 32.1. The number of rotatable bonds is 13. The largest absolute Gasteiger partial charge is 0.503 e. The Balaban J connectivity index is 2.01. The number of nitrogens with zero attached hydrogens (tertiary/aromatic N) is 2. The first-order valence-corrected chi connectivity index (χ1v) is 12.8. The van der Waals surface area contributed by atoms with Gasteiger partial charge in [-0.2, -0.15) is 0 Å². The highest BCUT2D eigenvalue weighted by molar-refractivity contribution is 7.12. The van der Waals surface area contributed by atoms with E-state index in [-0.39, 0.29) is 11.4 Å². The van der Waals surface area contributed by atoms with Gasteiger partial charge in [-0.3, -0.25) is 9.59 Å². The van der Waals surface area contributed by atoms with Gasteiger partial charge >= 0.3 is 0 Å². The normalized spacial score (nSPS) is 16.0. The van der Waals surface area contributed by atoms with Crippen LogP contribution in [0, 0.1) is 0 Å². The number of hydrogen-bond acceptors (Lipinski definition) is 7. The van der Waals surface area contributed by atoms with Gasteiger partial charge in [0.25, 0.3) is 5.91 Å². The first-order valence-electron chi connectivity index (χ1n) is 11.9. The lowest BCUT2D eigenvalue weighted by atomic mass is 9.95. The van der Waals surface area contributed by atoms with E-state index in [1.807, 2.05) is 31.4 Å². The lowest BCUT2D eigenvalue weighted by Crippen LogP contribution is -2.34. The van der Waals surface area contributed by atoms with Gasteiger partial charge in [-0.1, -0.05) is 26.0 Å². The number of aliphatic hydroxyl groups is 1. The number of amides is 1. The van der Waals surface area contributed by atoms with Crippen LogP contribution in [0.3, 0.4) is 0 Å². The van der Waals surface area contributed by atoms with E-state index in [0.29, 0.717) is 41.7 Å². The second-order valence-electron chi connectivity index (χ2n) is 7.92. The molecule has 1 unspecified atom stereocenters. The summed E-state index contributed by atoms with van der Waals surface area (Å²) >= 11 is 1.29. The van der Waals surface area contributed by atoms with Gasteiger partial charge in [0, 0.05) is 6.54 Å². The number of ketones is 1. The molecule has 0 saturated carbocycles. The van der Waals surface area contributed by atoms with Crippen molar-refractivity contribution in [3.8, 4) is 11.5 Å². The van der Waals surface area contributed by atoms with Crippen molar-refractivity contribution in [2.75, 3.05) is 39.4 Å². The second kappa shape index (κ2) is 12.0. The molecule has 3 rings (SSSR count). The molecule has 34 heavy (non-hydrogen) atoms. The predicted molar refractivity (Wildman–Crippen MR) is 134 cm³/mol. The molecular weight excluding hydrogens is 452 g/mol. The van der Waals surface area contributed by atoms with Crippen LogP contribution in [0.4, 0.5) is 0 Å². The molecule has 0 aliphatic carbocycles. The molecule has 1 aromatic heterocycles. The van der Waals surface area contributed by atoms with Crippen molar-refractivity contribution < 1.29 is 24.2 Å². The number of aliphatic hydroxyl groups excluding tert-OH is 1. The van der Waals surface area contributed by atoms with Gasteiger partial charge in [-0.05, 0) is 69.0 Å². The van der Waals surface area contributed by atoms with E-state index < -0.39 is 17.7 Å². The van der Waals surface area contributed by atoms with E-state index in [4.69, 9.17) is 9.47 Å². The van der Waals surface area contributed by atoms with Gasteiger partial charge in [0.1, 0.15) is 0 Å². The smallest absolute Gasteiger partial charge is 0.290 e. The quantitative estimate of drug-likeness (QED) is 0.408. The summed E-state index contributed by atoms with van der Waals surface area (Å²) in [7, 11) is 0. The summed E-state index contributed by atoms with van der Waals surface area (Å²) in [5.74, 6) is -0.171. The van der Waals surface area contributed by atoms with Crippen molar-refractivity contribution in [1.29, 1.82) is 0 Å².